The number of carboxylic acid groups (broad SMARTS) is 1. The normalized spacial score (nSPS) is 11.9. The summed E-state index contributed by atoms with van der Waals surface area (Å²) < 4.78 is 0. The van der Waals surface area contributed by atoms with Crippen molar-refractivity contribution in [3.63, 3.8) is 0 Å². The Labute approximate surface area is 139 Å². The van der Waals surface area contributed by atoms with Crippen LogP contribution in [0.3, 0.4) is 0 Å². The Balaban J connectivity index is 2.06. The number of nitrogens with zero attached hydrogens (tertiary/aromatic N) is 1. The van der Waals surface area contributed by atoms with E-state index in [2.05, 4.69) is 10.3 Å². The topological polar surface area (TPSA) is 79.3 Å². The van der Waals surface area contributed by atoms with E-state index in [-0.39, 0.29) is 5.91 Å². The molecule has 2 rings (SSSR count). The van der Waals surface area contributed by atoms with Gasteiger partial charge in [-0.1, -0.05) is 31.9 Å². The number of aromatic nitrogens is 1. The monoisotopic (exact) mass is 332 g/mol. The lowest BCUT2D eigenvalue weighted by molar-refractivity contribution is -0.139. The van der Waals surface area contributed by atoms with Crippen LogP contribution in [0.5, 0.6) is 0 Å². The summed E-state index contributed by atoms with van der Waals surface area (Å²) in [6, 6.07) is 6.19. The van der Waals surface area contributed by atoms with Crippen LogP contribution in [0, 0.1) is 6.92 Å². The molecule has 1 aromatic heterocycles. The molecule has 0 aliphatic heterocycles. The van der Waals surface area contributed by atoms with Gasteiger partial charge in [-0.2, -0.15) is 0 Å². The van der Waals surface area contributed by atoms with Gasteiger partial charge in [-0.3, -0.25) is 4.79 Å². The summed E-state index contributed by atoms with van der Waals surface area (Å²) in [7, 11) is 0. The third-order valence-corrected chi connectivity index (χ3v) is 4.29. The summed E-state index contributed by atoms with van der Waals surface area (Å²) in [5, 5.41) is 14.7. The molecule has 1 aromatic carbocycles. The van der Waals surface area contributed by atoms with E-state index in [0.717, 1.165) is 29.1 Å². The zero-order valence-corrected chi connectivity index (χ0v) is 14.0. The first kappa shape index (κ1) is 17.1. The van der Waals surface area contributed by atoms with Crippen LogP contribution in [-0.4, -0.2) is 28.0 Å². The summed E-state index contributed by atoms with van der Waals surface area (Å²) in [4.78, 5) is 27.8. The molecule has 0 bridgehead atoms. The summed E-state index contributed by atoms with van der Waals surface area (Å²) in [6.45, 7) is 3.93. The summed E-state index contributed by atoms with van der Waals surface area (Å²) in [5.41, 5.74) is 2.26. The minimum atomic E-state index is -0.999. The molecule has 0 radical (unpaired) electrons. The fourth-order valence-corrected chi connectivity index (χ4v) is 2.82. The Morgan fingerprint density at radius 3 is 2.52 bits per heavy atom. The number of thiazole rings is 1. The molecule has 5 nitrogen and oxygen atoms in total. The number of rotatable bonds is 7. The lowest BCUT2D eigenvalue weighted by atomic mass is 10.1. The summed E-state index contributed by atoms with van der Waals surface area (Å²) >= 11 is 1.57. The average Bonchev–Trinajstić information content (AvgIpc) is 2.97. The maximum atomic E-state index is 12.2. The minimum absolute atomic E-state index is 0.366. The molecule has 23 heavy (non-hydrogen) atoms. The van der Waals surface area contributed by atoms with Crippen molar-refractivity contribution < 1.29 is 14.7 Å². The molecular weight excluding hydrogens is 312 g/mol. The Kier molecular flexibility index (Phi) is 5.87. The van der Waals surface area contributed by atoms with E-state index in [9.17, 15) is 9.59 Å². The first-order chi connectivity index (χ1) is 11.0. The van der Waals surface area contributed by atoms with Crippen molar-refractivity contribution in [2.24, 2.45) is 0 Å². The van der Waals surface area contributed by atoms with Crippen molar-refractivity contribution in [3.8, 4) is 11.3 Å². The second-order valence-electron chi connectivity index (χ2n) is 5.34. The second kappa shape index (κ2) is 7.87. The number of benzene rings is 1. The highest BCUT2D eigenvalue weighted by Crippen LogP contribution is 2.21. The average molecular weight is 332 g/mol. The molecule has 0 saturated carbocycles. The molecule has 1 heterocycles. The van der Waals surface area contributed by atoms with Crippen molar-refractivity contribution >= 4 is 23.2 Å². The van der Waals surface area contributed by atoms with Crippen molar-refractivity contribution in [2.45, 2.75) is 39.2 Å². The van der Waals surface area contributed by atoms with Gasteiger partial charge in [0.25, 0.3) is 5.91 Å². The van der Waals surface area contributed by atoms with E-state index in [1.54, 1.807) is 23.5 Å². The van der Waals surface area contributed by atoms with E-state index < -0.39 is 12.0 Å². The molecule has 0 aliphatic rings. The van der Waals surface area contributed by atoms with Gasteiger partial charge in [-0.15, -0.1) is 11.3 Å². The minimum Gasteiger partial charge on any atom is -0.480 e. The van der Waals surface area contributed by atoms with Gasteiger partial charge in [0.1, 0.15) is 6.04 Å². The maximum absolute atomic E-state index is 12.2. The molecule has 2 N–H and O–H groups in total. The van der Waals surface area contributed by atoms with Crippen molar-refractivity contribution in [1.29, 1.82) is 0 Å². The number of aliphatic carboxylic acids is 1. The zero-order chi connectivity index (χ0) is 16.8. The van der Waals surface area contributed by atoms with E-state index in [1.165, 1.54) is 0 Å². The van der Waals surface area contributed by atoms with Gasteiger partial charge in [0.15, 0.2) is 0 Å². The van der Waals surface area contributed by atoms with Gasteiger partial charge in [-0.05, 0) is 25.5 Å². The largest absolute Gasteiger partial charge is 0.480 e. The number of carbonyl (C=O) groups is 2. The smallest absolute Gasteiger partial charge is 0.326 e. The van der Waals surface area contributed by atoms with Crippen LogP contribution >= 0.6 is 11.3 Å². The fourth-order valence-electron chi connectivity index (χ4n) is 2.20. The van der Waals surface area contributed by atoms with Crippen LogP contribution < -0.4 is 5.32 Å². The molecule has 0 fully saturated rings. The number of hydrogen-bond donors (Lipinski definition) is 2. The van der Waals surface area contributed by atoms with Crippen LogP contribution in [0.4, 0.5) is 0 Å². The standard InChI is InChI=1S/C17H20N2O3S/c1-3-4-5-14(17(21)22)19-16(20)13-8-6-12(7-9-13)15-10-23-11(2)18-15/h6-10,14H,3-5H2,1-2H3,(H,19,20)(H,21,22)/t14-/m0/s1. The second-order valence-corrected chi connectivity index (χ2v) is 6.40. The number of aryl methyl sites for hydroxylation is 1. The molecule has 1 atom stereocenters. The Hall–Kier alpha value is -2.21. The van der Waals surface area contributed by atoms with Crippen molar-refractivity contribution in [1.82, 2.24) is 10.3 Å². The first-order valence-corrected chi connectivity index (χ1v) is 8.45. The number of nitrogens with one attached hydrogen (secondary N) is 1. The molecule has 0 saturated heterocycles. The van der Waals surface area contributed by atoms with Crippen molar-refractivity contribution in [2.75, 3.05) is 0 Å². The molecule has 1 amide bonds. The molecule has 6 heteroatoms. The highest BCUT2D eigenvalue weighted by Gasteiger charge is 2.20. The van der Waals surface area contributed by atoms with Crippen LogP contribution in [0.2, 0.25) is 0 Å². The van der Waals surface area contributed by atoms with Gasteiger partial charge in [0.2, 0.25) is 0 Å². The third-order valence-electron chi connectivity index (χ3n) is 3.51. The highest BCUT2D eigenvalue weighted by molar-refractivity contribution is 7.09. The fraction of sp³-hybridized carbons (Fsp3) is 0.353. The molecule has 122 valence electrons. The van der Waals surface area contributed by atoms with E-state index >= 15 is 0 Å². The summed E-state index contributed by atoms with van der Waals surface area (Å²) in [6.07, 6.45) is 2.09. The number of hydrogen-bond acceptors (Lipinski definition) is 4. The highest BCUT2D eigenvalue weighted by atomic mass is 32.1. The number of carboxylic acids is 1. The lowest BCUT2D eigenvalue weighted by Gasteiger charge is -2.14. The van der Waals surface area contributed by atoms with Crippen LogP contribution in [0.25, 0.3) is 11.3 Å². The number of unbranched alkanes of at least 4 members (excludes halogenated alkanes) is 1. The lowest BCUT2D eigenvalue weighted by Crippen LogP contribution is -2.40. The molecule has 0 aliphatic carbocycles. The van der Waals surface area contributed by atoms with Gasteiger partial charge in [0, 0.05) is 16.5 Å². The van der Waals surface area contributed by atoms with E-state index in [0.29, 0.717) is 12.0 Å². The predicted octanol–water partition coefficient (Wildman–Crippen LogP) is 3.49. The van der Waals surface area contributed by atoms with Gasteiger partial charge in [0.05, 0.1) is 10.7 Å². The van der Waals surface area contributed by atoms with Crippen LogP contribution in [-0.2, 0) is 4.79 Å². The molecule has 2 aromatic rings. The van der Waals surface area contributed by atoms with E-state index in [1.807, 2.05) is 31.4 Å². The van der Waals surface area contributed by atoms with Gasteiger partial charge in [-0.25, -0.2) is 9.78 Å². The maximum Gasteiger partial charge on any atom is 0.326 e. The Bertz CT molecular complexity index is 679. The van der Waals surface area contributed by atoms with E-state index in [4.69, 9.17) is 5.11 Å². The SMILES string of the molecule is CCCC[C@H](NC(=O)c1ccc(-c2csc(C)n2)cc1)C(=O)O. The first-order valence-electron chi connectivity index (χ1n) is 7.57. The molecule has 0 unspecified atom stereocenters. The van der Waals surface area contributed by atoms with Crippen molar-refractivity contribution in [3.05, 3.63) is 40.2 Å². The van der Waals surface area contributed by atoms with Gasteiger partial charge < -0.3 is 10.4 Å². The zero-order valence-electron chi connectivity index (χ0n) is 13.2. The van der Waals surface area contributed by atoms with Crippen LogP contribution in [0.15, 0.2) is 29.6 Å². The van der Waals surface area contributed by atoms with Crippen LogP contribution in [0.1, 0.15) is 41.6 Å². The third kappa shape index (κ3) is 4.63. The number of amides is 1. The number of carbonyl (C=O) groups excluding carboxylic acids is 1. The van der Waals surface area contributed by atoms with Gasteiger partial charge >= 0.3 is 5.97 Å². The quantitative estimate of drug-likeness (QED) is 0.813. The predicted molar refractivity (Wildman–Crippen MR) is 90.7 cm³/mol. The molecular formula is C17H20N2O3S. The summed E-state index contributed by atoms with van der Waals surface area (Å²) in [5.74, 6) is -1.36. The molecule has 0 spiro atoms. The Morgan fingerprint density at radius 2 is 2.00 bits per heavy atom. The Morgan fingerprint density at radius 1 is 1.30 bits per heavy atom.